The maximum atomic E-state index is 12.9. The third kappa shape index (κ3) is 5.24. The Bertz CT molecular complexity index is 957. The number of aryl methyl sites for hydroxylation is 1. The zero-order valence-corrected chi connectivity index (χ0v) is 18.0. The molecule has 1 aliphatic rings. The quantitative estimate of drug-likeness (QED) is 0.503. The maximum Gasteiger partial charge on any atom is 0.272 e. The smallest absolute Gasteiger partial charge is 0.272 e. The second-order valence-electron chi connectivity index (χ2n) is 6.99. The van der Waals surface area contributed by atoms with E-state index in [2.05, 4.69) is 10.2 Å². The van der Waals surface area contributed by atoms with Crippen LogP contribution in [0.4, 0.5) is 17.1 Å². The molecule has 1 saturated heterocycles. The number of amides is 1. The van der Waals surface area contributed by atoms with E-state index in [1.807, 2.05) is 19.9 Å². The highest BCUT2D eigenvalue weighted by molar-refractivity contribution is 6.05. The maximum absolute atomic E-state index is 12.9. The fourth-order valence-electron chi connectivity index (χ4n) is 3.44. The Labute approximate surface area is 181 Å². The normalized spacial score (nSPS) is 13.6. The van der Waals surface area contributed by atoms with Gasteiger partial charge in [-0.05, 0) is 32.9 Å². The van der Waals surface area contributed by atoms with Crippen LogP contribution in [0.2, 0.25) is 0 Å². The molecule has 0 aromatic heterocycles. The monoisotopic (exact) mass is 429 g/mol. The van der Waals surface area contributed by atoms with Gasteiger partial charge < -0.3 is 24.4 Å². The lowest BCUT2D eigenvalue weighted by Gasteiger charge is -2.31. The zero-order chi connectivity index (χ0) is 22.4. The number of ether oxygens (including phenoxy) is 3. The summed E-state index contributed by atoms with van der Waals surface area (Å²) in [6.07, 6.45) is 0. The van der Waals surface area contributed by atoms with Crippen molar-refractivity contribution in [2.75, 3.05) is 49.7 Å². The van der Waals surface area contributed by atoms with Gasteiger partial charge in [-0.2, -0.15) is 0 Å². The molecule has 31 heavy (non-hydrogen) atoms. The van der Waals surface area contributed by atoms with Crippen LogP contribution < -0.4 is 19.7 Å². The number of benzene rings is 2. The first-order chi connectivity index (χ1) is 14.9. The molecule has 9 heteroatoms. The molecule has 0 unspecified atom stereocenters. The van der Waals surface area contributed by atoms with Crippen molar-refractivity contribution in [3.05, 3.63) is 51.6 Å². The summed E-state index contributed by atoms with van der Waals surface area (Å²) in [5.41, 5.74) is 2.07. The number of nitrogens with one attached hydrogen (secondary N) is 1. The number of carbonyl (C=O) groups excluding carboxylic acids is 1. The molecule has 3 rings (SSSR count). The zero-order valence-electron chi connectivity index (χ0n) is 18.0. The molecular formula is C22H27N3O6. The molecule has 9 nitrogen and oxygen atoms in total. The summed E-state index contributed by atoms with van der Waals surface area (Å²) in [6, 6.07) is 7.90. The van der Waals surface area contributed by atoms with E-state index in [1.165, 1.54) is 18.2 Å². The number of nitro groups is 1. The number of carbonyl (C=O) groups is 1. The number of anilines is 2. The van der Waals surface area contributed by atoms with E-state index in [4.69, 9.17) is 14.2 Å². The molecule has 166 valence electrons. The van der Waals surface area contributed by atoms with Gasteiger partial charge in [0.05, 0.1) is 42.7 Å². The third-order valence-electron chi connectivity index (χ3n) is 4.92. The van der Waals surface area contributed by atoms with Crippen molar-refractivity contribution in [1.29, 1.82) is 0 Å². The minimum Gasteiger partial charge on any atom is -0.492 e. The first-order valence-electron chi connectivity index (χ1n) is 10.3. The molecule has 1 fully saturated rings. The van der Waals surface area contributed by atoms with E-state index in [0.717, 1.165) is 18.8 Å². The Kier molecular flexibility index (Phi) is 7.30. The number of nitro benzene ring substituents is 1. The molecule has 1 amide bonds. The lowest BCUT2D eigenvalue weighted by Crippen LogP contribution is -2.36. The molecule has 0 saturated carbocycles. The van der Waals surface area contributed by atoms with Gasteiger partial charge in [0.1, 0.15) is 11.5 Å². The van der Waals surface area contributed by atoms with Crippen molar-refractivity contribution in [1.82, 2.24) is 0 Å². The van der Waals surface area contributed by atoms with Gasteiger partial charge in [0, 0.05) is 42.4 Å². The van der Waals surface area contributed by atoms with E-state index in [0.29, 0.717) is 54.7 Å². The van der Waals surface area contributed by atoms with Gasteiger partial charge in [-0.25, -0.2) is 0 Å². The fourth-order valence-corrected chi connectivity index (χ4v) is 3.44. The summed E-state index contributed by atoms with van der Waals surface area (Å²) in [5.74, 6) is 0.781. The van der Waals surface area contributed by atoms with Crippen LogP contribution in [-0.2, 0) is 4.74 Å². The molecule has 2 aromatic rings. The Morgan fingerprint density at radius 2 is 1.81 bits per heavy atom. The van der Waals surface area contributed by atoms with Crippen LogP contribution in [0.25, 0.3) is 0 Å². The van der Waals surface area contributed by atoms with E-state index in [1.54, 1.807) is 13.0 Å². The summed E-state index contributed by atoms with van der Waals surface area (Å²) in [7, 11) is 0. The molecule has 0 bridgehead atoms. The number of hydrogen-bond acceptors (Lipinski definition) is 7. The molecule has 1 aliphatic heterocycles. The molecular weight excluding hydrogens is 402 g/mol. The largest absolute Gasteiger partial charge is 0.492 e. The predicted molar refractivity (Wildman–Crippen MR) is 118 cm³/mol. The second-order valence-corrected chi connectivity index (χ2v) is 6.99. The van der Waals surface area contributed by atoms with E-state index in [-0.39, 0.29) is 11.6 Å². The van der Waals surface area contributed by atoms with Crippen LogP contribution in [0.15, 0.2) is 30.3 Å². The first-order valence-corrected chi connectivity index (χ1v) is 10.3. The molecule has 0 radical (unpaired) electrons. The molecule has 1 N–H and O–H groups in total. The number of rotatable bonds is 8. The Balaban J connectivity index is 1.93. The number of nitrogens with zero attached hydrogens (tertiary/aromatic N) is 2. The molecule has 2 aromatic carbocycles. The predicted octanol–water partition coefficient (Wildman–Crippen LogP) is 3.79. The van der Waals surface area contributed by atoms with Gasteiger partial charge in [-0.15, -0.1) is 0 Å². The van der Waals surface area contributed by atoms with Gasteiger partial charge in [-0.3, -0.25) is 14.9 Å². The molecule has 0 spiro atoms. The SMILES string of the molecule is CCOc1cc(N2CCOCC2)c(OCC)cc1NC(=O)c1ccc([N+](=O)[O-])c(C)c1. The highest BCUT2D eigenvalue weighted by Crippen LogP contribution is 2.39. The second kappa shape index (κ2) is 10.1. The van der Waals surface area contributed by atoms with Crippen LogP contribution in [0.3, 0.4) is 0 Å². The summed E-state index contributed by atoms with van der Waals surface area (Å²) in [5, 5.41) is 13.9. The van der Waals surface area contributed by atoms with E-state index < -0.39 is 4.92 Å². The average Bonchev–Trinajstić information content (AvgIpc) is 2.76. The standard InChI is InChI=1S/C22H27N3O6/c1-4-30-20-14-19(24-8-10-29-11-9-24)21(31-5-2)13-17(20)23-22(26)16-6-7-18(25(27)28)15(3)12-16/h6-7,12-14H,4-5,8-11H2,1-3H3,(H,23,26). The molecule has 0 atom stereocenters. The highest BCUT2D eigenvalue weighted by atomic mass is 16.6. The lowest BCUT2D eigenvalue weighted by molar-refractivity contribution is -0.385. The Morgan fingerprint density at radius 1 is 1.13 bits per heavy atom. The van der Waals surface area contributed by atoms with Gasteiger partial charge >= 0.3 is 0 Å². The van der Waals surface area contributed by atoms with Crippen LogP contribution in [0.1, 0.15) is 29.8 Å². The van der Waals surface area contributed by atoms with Crippen molar-refractivity contribution < 1.29 is 23.9 Å². The minimum atomic E-state index is -0.469. The fraction of sp³-hybridized carbons (Fsp3) is 0.409. The van der Waals surface area contributed by atoms with Crippen molar-refractivity contribution in [2.24, 2.45) is 0 Å². The van der Waals surface area contributed by atoms with Crippen molar-refractivity contribution in [2.45, 2.75) is 20.8 Å². The minimum absolute atomic E-state index is 0.0277. The Hall–Kier alpha value is -3.33. The van der Waals surface area contributed by atoms with Crippen LogP contribution in [0, 0.1) is 17.0 Å². The molecule has 1 heterocycles. The summed E-state index contributed by atoms with van der Waals surface area (Å²) in [4.78, 5) is 25.6. The number of morpholine rings is 1. The Morgan fingerprint density at radius 3 is 2.42 bits per heavy atom. The van der Waals surface area contributed by atoms with Gasteiger partial charge in [0.15, 0.2) is 0 Å². The van der Waals surface area contributed by atoms with Gasteiger partial charge in [0.2, 0.25) is 0 Å². The van der Waals surface area contributed by atoms with E-state index >= 15 is 0 Å². The van der Waals surface area contributed by atoms with Crippen LogP contribution >= 0.6 is 0 Å². The summed E-state index contributed by atoms with van der Waals surface area (Å²) in [6.45, 7) is 9.01. The third-order valence-corrected chi connectivity index (χ3v) is 4.92. The summed E-state index contributed by atoms with van der Waals surface area (Å²) >= 11 is 0. The van der Waals surface area contributed by atoms with Crippen molar-refractivity contribution in [3.8, 4) is 11.5 Å². The average molecular weight is 429 g/mol. The first kappa shape index (κ1) is 22.4. The van der Waals surface area contributed by atoms with Crippen LogP contribution in [0.5, 0.6) is 11.5 Å². The highest BCUT2D eigenvalue weighted by Gasteiger charge is 2.21. The lowest BCUT2D eigenvalue weighted by atomic mass is 10.1. The number of hydrogen-bond donors (Lipinski definition) is 1. The summed E-state index contributed by atoms with van der Waals surface area (Å²) < 4.78 is 17.1. The van der Waals surface area contributed by atoms with Gasteiger partial charge in [-0.1, -0.05) is 0 Å². The topological polar surface area (TPSA) is 103 Å². The van der Waals surface area contributed by atoms with Crippen molar-refractivity contribution >= 4 is 23.0 Å². The van der Waals surface area contributed by atoms with Crippen LogP contribution in [-0.4, -0.2) is 50.3 Å². The van der Waals surface area contributed by atoms with Gasteiger partial charge in [0.25, 0.3) is 11.6 Å². The van der Waals surface area contributed by atoms with E-state index in [9.17, 15) is 14.9 Å². The van der Waals surface area contributed by atoms with Crippen molar-refractivity contribution in [3.63, 3.8) is 0 Å². The molecule has 0 aliphatic carbocycles.